The molecule has 0 atom stereocenters. The van der Waals surface area contributed by atoms with Crippen LogP contribution in [0.4, 0.5) is 0 Å². The van der Waals surface area contributed by atoms with Gasteiger partial charge in [0.2, 0.25) is 0 Å². The highest BCUT2D eigenvalue weighted by Gasteiger charge is 2.07. The summed E-state index contributed by atoms with van der Waals surface area (Å²) < 4.78 is 9.20. The van der Waals surface area contributed by atoms with Gasteiger partial charge in [0.1, 0.15) is 5.75 Å². The minimum Gasteiger partial charge on any atom is -0.493 e. The lowest BCUT2D eigenvalue weighted by atomic mass is 10.2. The van der Waals surface area contributed by atoms with E-state index in [0.29, 0.717) is 0 Å². The number of benzene rings is 2. The minimum atomic E-state index is 0.760. The summed E-state index contributed by atoms with van der Waals surface area (Å²) in [4.78, 5) is 0. The maximum atomic E-state index is 5.83. The molecule has 0 bridgehead atoms. The Morgan fingerprint density at radius 2 is 1.95 bits per heavy atom. The molecule has 0 aliphatic carbocycles. The lowest BCUT2D eigenvalue weighted by Crippen LogP contribution is -1.98. The standard InChI is InChI=1S/C18H18BrNO/c1-2-11-21-18-8-4-7-17-16(18)9-10-20(17)13-14-5-3-6-15(19)12-14/h3-10,12H,2,11,13H2,1H3. The second-order valence-corrected chi connectivity index (χ2v) is 6.03. The molecule has 0 saturated heterocycles. The maximum Gasteiger partial charge on any atom is 0.128 e. The molecule has 3 aromatic rings. The molecule has 2 nitrogen and oxygen atoms in total. The molecular weight excluding hydrogens is 326 g/mol. The van der Waals surface area contributed by atoms with E-state index in [1.165, 1.54) is 16.5 Å². The highest BCUT2D eigenvalue weighted by Crippen LogP contribution is 2.27. The van der Waals surface area contributed by atoms with E-state index in [2.05, 4.69) is 70.0 Å². The van der Waals surface area contributed by atoms with Gasteiger partial charge in [0.15, 0.2) is 0 Å². The molecule has 0 aliphatic rings. The van der Waals surface area contributed by atoms with Gasteiger partial charge in [-0.1, -0.05) is 41.1 Å². The van der Waals surface area contributed by atoms with E-state index in [1.807, 2.05) is 12.1 Å². The van der Waals surface area contributed by atoms with E-state index in [-0.39, 0.29) is 0 Å². The van der Waals surface area contributed by atoms with Crippen LogP contribution in [-0.2, 0) is 6.54 Å². The normalized spacial score (nSPS) is 11.0. The summed E-state index contributed by atoms with van der Waals surface area (Å²) >= 11 is 3.53. The molecule has 108 valence electrons. The topological polar surface area (TPSA) is 14.2 Å². The lowest BCUT2D eigenvalue weighted by Gasteiger charge is -2.09. The van der Waals surface area contributed by atoms with Crippen molar-refractivity contribution >= 4 is 26.8 Å². The van der Waals surface area contributed by atoms with Gasteiger partial charge in [0.05, 0.1) is 12.1 Å². The molecule has 0 radical (unpaired) electrons. The first kappa shape index (κ1) is 14.2. The minimum absolute atomic E-state index is 0.760. The third kappa shape index (κ3) is 3.13. The number of hydrogen-bond donors (Lipinski definition) is 0. The summed E-state index contributed by atoms with van der Waals surface area (Å²) in [5.74, 6) is 0.974. The quantitative estimate of drug-likeness (QED) is 0.617. The molecular formula is C18H18BrNO. The summed E-state index contributed by atoms with van der Waals surface area (Å²) in [6.45, 7) is 3.74. The van der Waals surface area contributed by atoms with Crippen LogP contribution in [0.1, 0.15) is 18.9 Å². The largest absolute Gasteiger partial charge is 0.493 e. The monoisotopic (exact) mass is 343 g/mol. The number of halogens is 1. The highest BCUT2D eigenvalue weighted by molar-refractivity contribution is 9.10. The Hall–Kier alpha value is -1.74. The van der Waals surface area contributed by atoms with Crippen LogP contribution >= 0.6 is 15.9 Å². The SMILES string of the molecule is CCCOc1cccc2c1ccn2Cc1cccc(Br)c1. The fourth-order valence-corrected chi connectivity index (χ4v) is 2.95. The van der Waals surface area contributed by atoms with Gasteiger partial charge >= 0.3 is 0 Å². The van der Waals surface area contributed by atoms with Crippen molar-refractivity contribution in [3.8, 4) is 5.75 Å². The lowest BCUT2D eigenvalue weighted by molar-refractivity contribution is 0.321. The summed E-state index contributed by atoms with van der Waals surface area (Å²) in [6, 6.07) is 16.8. The molecule has 3 rings (SSSR count). The predicted octanol–water partition coefficient (Wildman–Crippen LogP) is 5.24. The average molecular weight is 344 g/mol. The van der Waals surface area contributed by atoms with Gasteiger partial charge in [0.25, 0.3) is 0 Å². The second kappa shape index (κ2) is 6.35. The van der Waals surface area contributed by atoms with Crippen LogP contribution in [0.15, 0.2) is 59.2 Å². The van der Waals surface area contributed by atoms with Crippen molar-refractivity contribution in [3.63, 3.8) is 0 Å². The molecule has 0 amide bonds. The molecule has 0 N–H and O–H groups in total. The van der Waals surface area contributed by atoms with Crippen molar-refractivity contribution in [1.82, 2.24) is 4.57 Å². The number of hydrogen-bond acceptors (Lipinski definition) is 1. The van der Waals surface area contributed by atoms with Gasteiger partial charge in [0, 0.05) is 22.6 Å². The van der Waals surface area contributed by atoms with Crippen LogP contribution in [0, 0.1) is 0 Å². The third-order valence-electron chi connectivity index (χ3n) is 3.48. The van der Waals surface area contributed by atoms with E-state index in [4.69, 9.17) is 4.74 Å². The van der Waals surface area contributed by atoms with Crippen LogP contribution < -0.4 is 4.74 Å². The van der Waals surface area contributed by atoms with Gasteiger partial charge in [-0.15, -0.1) is 0 Å². The Kier molecular flexibility index (Phi) is 4.30. The Morgan fingerprint density at radius 3 is 2.76 bits per heavy atom. The molecule has 21 heavy (non-hydrogen) atoms. The third-order valence-corrected chi connectivity index (χ3v) is 3.97. The Labute approximate surface area is 133 Å². The van der Waals surface area contributed by atoms with Crippen molar-refractivity contribution in [2.24, 2.45) is 0 Å². The summed E-state index contributed by atoms with van der Waals surface area (Å²) in [7, 11) is 0. The molecule has 0 aliphatic heterocycles. The number of aromatic nitrogens is 1. The summed E-state index contributed by atoms with van der Waals surface area (Å²) in [5, 5.41) is 1.18. The number of rotatable bonds is 5. The smallest absolute Gasteiger partial charge is 0.128 e. The zero-order chi connectivity index (χ0) is 14.7. The predicted molar refractivity (Wildman–Crippen MR) is 91.0 cm³/mol. The first-order valence-electron chi connectivity index (χ1n) is 7.23. The Balaban J connectivity index is 1.93. The molecule has 1 aromatic heterocycles. The summed E-state index contributed by atoms with van der Waals surface area (Å²) in [5.41, 5.74) is 2.49. The second-order valence-electron chi connectivity index (χ2n) is 5.11. The molecule has 0 spiro atoms. The molecule has 2 aromatic carbocycles. The van der Waals surface area contributed by atoms with Gasteiger partial charge in [-0.2, -0.15) is 0 Å². The van der Waals surface area contributed by atoms with Crippen LogP contribution in [0.3, 0.4) is 0 Å². The fraction of sp³-hybridized carbons (Fsp3) is 0.222. The molecule has 1 heterocycles. The van der Waals surface area contributed by atoms with E-state index in [9.17, 15) is 0 Å². The Bertz CT molecular complexity index is 748. The maximum absolute atomic E-state index is 5.83. The first-order valence-corrected chi connectivity index (χ1v) is 8.02. The molecule has 0 unspecified atom stereocenters. The van der Waals surface area contributed by atoms with Crippen molar-refractivity contribution in [1.29, 1.82) is 0 Å². The fourth-order valence-electron chi connectivity index (χ4n) is 2.50. The van der Waals surface area contributed by atoms with Crippen molar-refractivity contribution in [2.45, 2.75) is 19.9 Å². The van der Waals surface area contributed by atoms with Crippen LogP contribution in [0.2, 0.25) is 0 Å². The van der Waals surface area contributed by atoms with E-state index >= 15 is 0 Å². The van der Waals surface area contributed by atoms with E-state index in [0.717, 1.165) is 29.8 Å². The molecule has 0 saturated carbocycles. The number of ether oxygens (including phenoxy) is 1. The molecule has 0 fully saturated rings. The number of fused-ring (bicyclic) bond motifs is 1. The zero-order valence-electron chi connectivity index (χ0n) is 12.1. The van der Waals surface area contributed by atoms with Gasteiger partial charge in [-0.05, 0) is 42.3 Å². The highest BCUT2D eigenvalue weighted by atomic mass is 79.9. The average Bonchev–Trinajstić information content (AvgIpc) is 2.89. The van der Waals surface area contributed by atoms with Crippen LogP contribution in [0.25, 0.3) is 10.9 Å². The van der Waals surface area contributed by atoms with Crippen molar-refractivity contribution in [2.75, 3.05) is 6.61 Å². The summed E-state index contributed by atoms with van der Waals surface area (Å²) in [6.07, 6.45) is 3.15. The van der Waals surface area contributed by atoms with E-state index in [1.54, 1.807) is 0 Å². The zero-order valence-corrected chi connectivity index (χ0v) is 13.6. The van der Waals surface area contributed by atoms with Gasteiger partial charge in [-0.25, -0.2) is 0 Å². The molecule has 3 heteroatoms. The first-order chi connectivity index (χ1) is 10.3. The Morgan fingerprint density at radius 1 is 1.10 bits per heavy atom. The van der Waals surface area contributed by atoms with Crippen molar-refractivity contribution in [3.05, 3.63) is 64.8 Å². The number of nitrogens with zero attached hydrogens (tertiary/aromatic N) is 1. The van der Waals surface area contributed by atoms with E-state index < -0.39 is 0 Å². The van der Waals surface area contributed by atoms with Crippen LogP contribution in [0.5, 0.6) is 5.75 Å². The van der Waals surface area contributed by atoms with Gasteiger partial charge in [-0.3, -0.25) is 0 Å². The van der Waals surface area contributed by atoms with Crippen molar-refractivity contribution < 1.29 is 4.74 Å². The van der Waals surface area contributed by atoms with Gasteiger partial charge < -0.3 is 9.30 Å². The van der Waals surface area contributed by atoms with Crippen LogP contribution in [-0.4, -0.2) is 11.2 Å².